The predicted octanol–water partition coefficient (Wildman–Crippen LogP) is 5.43. The molecule has 5 aromatic rings. The highest BCUT2D eigenvalue weighted by atomic mass is 16.5. The van der Waals surface area contributed by atoms with Gasteiger partial charge in [-0.25, -0.2) is 4.98 Å². The summed E-state index contributed by atoms with van der Waals surface area (Å²) >= 11 is 0. The molecule has 0 saturated carbocycles. The van der Waals surface area contributed by atoms with Crippen molar-refractivity contribution in [2.75, 3.05) is 25.5 Å². The standard InChI is InChI=1S/C33H34N6O2/c1-22-15-32(38(2)37-22)36-31-17-27-16-25(9-10-26(27)18-34-31)33(40)35-30-21-39(19-23-7-5-4-6-8-23)20-29(30)24-11-13-28(41-3)14-12-24/h4-18,29-30H,19-21H2,1-3H3,(H,34,36)(H,35,40)/t29-,30+/m0/s1. The van der Waals surface area contributed by atoms with Crippen LogP contribution in [-0.2, 0) is 13.6 Å². The lowest BCUT2D eigenvalue weighted by atomic mass is 9.94. The Labute approximate surface area is 240 Å². The fourth-order valence-corrected chi connectivity index (χ4v) is 5.65. The molecule has 41 heavy (non-hydrogen) atoms. The van der Waals surface area contributed by atoms with Crippen molar-refractivity contribution < 1.29 is 9.53 Å². The molecule has 1 fully saturated rings. The highest BCUT2D eigenvalue weighted by Gasteiger charge is 2.35. The third-order valence-electron chi connectivity index (χ3n) is 7.75. The van der Waals surface area contributed by atoms with E-state index in [0.717, 1.165) is 47.7 Å². The van der Waals surface area contributed by atoms with E-state index in [2.05, 4.69) is 62.0 Å². The Morgan fingerprint density at radius 1 is 0.976 bits per heavy atom. The van der Waals surface area contributed by atoms with Gasteiger partial charge in [-0.15, -0.1) is 0 Å². The van der Waals surface area contributed by atoms with E-state index in [0.29, 0.717) is 11.4 Å². The van der Waals surface area contributed by atoms with Crippen molar-refractivity contribution in [1.82, 2.24) is 25.0 Å². The van der Waals surface area contributed by atoms with Crippen molar-refractivity contribution >= 4 is 28.3 Å². The molecule has 1 aliphatic rings. The lowest BCUT2D eigenvalue weighted by molar-refractivity contribution is 0.0935. The van der Waals surface area contributed by atoms with E-state index in [-0.39, 0.29) is 17.9 Å². The van der Waals surface area contributed by atoms with Gasteiger partial charge in [-0.05, 0) is 53.8 Å². The zero-order valence-corrected chi connectivity index (χ0v) is 23.5. The van der Waals surface area contributed by atoms with Crippen molar-refractivity contribution in [3.63, 3.8) is 0 Å². The third kappa shape index (κ3) is 5.93. The van der Waals surface area contributed by atoms with Gasteiger partial charge in [0, 0.05) is 61.9 Å². The smallest absolute Gasteiger partial charge is 0.251 e. The molecule has 8 heteroatoms. The molecule has 1 aliphatic heterocycles. The molecule has 3 aromatic carbocycles. The summed E-state index contributed by atoms with van der Waals surface area (Å²) in [5.41, 5.74) is 4.01. The topological polar surface area (TPSA) is 84.3 Å². The number of nitrogens with zero attached hydrogens (tertiary/aromatic N) is 4. The summed E-state index contributed by atoms with van der Waals surface area (Å²) < 4.78 is 7.16. The Hall–Kier alpha value is -4.69. The molecule has 2 atom stereocenters. The number of rotatable bonds is 8. The van der Waals surface area contributed by atoms with E-state index in [1.54, 1.807) is 11.8 Å². The Morgan fingerprint density at radius 3 is 2.51 bits per heavy atom. The number of benzene rings is 3. The van der Waals surface area contributed by atoms with Crippen molar-refractivity contribution in [2.24, 2.45) is 7.05 Å². The van der Waals surface area contributed by atoms with E-state index in [1.165, 1.54) is 11.1 Å². The summed E-state index contributed by atoms with van der Waals surface area (Å²) in [4.78, 5) is 20.6. The van der Waals surface area contributed by atoms with Crippen LogP contribution in [0, 0.1) is 6.92 Å². The number of amides is 1. The van der Waals surface area contributed by atoms with E-state index in [1.807, 2.05) is 68.7 Å². The minimum atomic E-state index is -0.0782. The largest absolute Gasteiger partial charge is 0.497 e. The second-order valence-corrected chi connectivity index (χ2v) is 10.7. The van der Waals surface area contributed by atoms with Crippen LogP contribution >= 0.6 is 0 Å². The van der Waals surface area contributed by atoms with Gasteiger partial charge in [-0.1, -0.05) is 48.5 Å². The maximum absolute atomic E-state index is 13.6. The summed E-state index contributed by atoms with van der Waals surface area (Å²) in [5, 5.41) is 13.0. The Balaban J connectivity index is 1.22. The van der Waals surface area contributed by atoms with Crippen LogP contribution in [0.5, 0.6) is 5.75 Å². The Bertz CT molecular complexity index is 1670. The van der Waals surface area contributed by atoms with Crippen molar-refractivity contribution in [2.45, 2.75) is 25.4 Å². The molecule has 3 heterocycles. The number of hydrogen-bond acceptors (Lipinski definition) is 6. The summed E-state index contributed by atoms with van der Waals surface area (Å²) in [6, 6.07) is 28.3. The average molecular weight is 547 g/mol. The lowest BCUT2D eigenvalue weighted by Gasteiger charge is -2.21. The van der Waals surface area contributed by atoms with Crippen LogP contribution in [0.1, 0.15) is 33.1 Å². The summed E-state index contributed by atoms with van der Waals surface area (Å²) in [7, 11) is 3.57. The van der Waals surface area contributed by atoms with Gasteiger partial charge in [0.1, 0.15) is 17.4 Å². The van der Waals surface area contributed by atoms with Gasteiger partial charge in [0.05, 0.1) is 12.8 Å². The fraction of sp³-hybridized carbons (Fsp3) is 0.242. The van der Waals surface area contributed by atoms with Gasteiger partial charge in [0.25, 0.3) is 5.91 Å². The second-order valence-electron chi connectivity index (χ2n) is 10.7. The van der Waals surface area contributed by atoms with Gasteiger partial charge in [-0.2, -0.15) is 5.10 Å². The number of fused-ring (bicyclic) bond motifs is 1. The number of carbonyl (C=O) groups is 1. The molecule has 0 aliphatic carbocycles. The summed E-state index contributed by atoms with van der Waals surface area (Å²) in [5.74, 6) is 2.47. The molecule has 2 aromatic heterocycles. The highest BCUT2D eigenvalue weighted by molar-refractivity contribution is 5.99. The van der Waals surface area contributed by atoms with Gasteiger partial charge in [-0.3, -0.25) is 14.4 Å². The highest BCUT2D eigenvalue weighted by Crippen LogP contribution is 2.31. The molecule has 8 nitrogen and oxygen atoms in total. The molecular weight excluding hydrogens is 512 g/mol. The van der Waals surface area contributed by atoms with E-state index >= 15 is 0 Å². The molecule has 0 spiro atoms. The molecule has 0 radical (unpaired) electrons. The van der Waals surface area contributed by atoms with Crippen LogP contribution in [0.25, 0.3) is 10.8 Å². The zero-order valence-electron chi connectivity index (χ0n) is 23.5. The first-order chi connectivity index (χ1) is 19.9. The number of aromatic nitrogens is 3. The molecule has 208 valence electrons. The maximum atomic E-state index is 13.6. The number of nitrogens with one attached hydrogen (secondary N) is 2. The van der Waals surface area contributed by atoms with Gasteiger partial charge in [0.15, 0.2) is 0 Å². The minimum absolute atomic E-state index is 0.0296. The van der Waals surface area contributed by atoms with Crippen LogP contribution < -0.4 is 15.4 Å². The molecule has 2 N–H and O–H groups in total. The van der Waals surface area contributed by atoms with Gasteiger partial charge < -0.3 is 15.4 Å². The predicted molar refractivity (Wildman–Crippen MR) is 162 cm³/mol. The zero-order chi connectivity index (χ0) is 28.3. The van der Waals surface area contributed by atoms with Crippen molar-refractivity contribution in [3.8, 4) is 5.75 Å². The lowest BCUT2D eigenvalue weighted by Crippen LogP contribution is -2.39. The van der Waals surface area contributed by atoms with Crippen LogP contribution in [0.3, 0.4) is 0 Å². The number of aryl methyl sites for hydroxylation is 2. The van der Waals surface area contributed by atoms with E-state index in [4.69, 9.17) is 4.74 Å². The SMILES string of the molecule is COc1ccc([C@@H]2CN(Cc3ccccc3)C[C@H]2NC(=O)c2ccc3cnc(Nc4cc(C)nn4C)cc3c2)cc1. The molecular formula is C33H34N6O2. The number of likely N-dealkylation sites (tertiary alicyclic amines) is 1. The molecule has 0 bridgehead atoms. The summed E-state index contributed by atoms with van der Waals surface area (Å²) in [6.45, 7) is 4.42. The normalized spacial score (nSPS) is 17.0. The molecule has 6 rings (SSSR count). The number of hydrogen-bond donors (Lipinski definition) is 2. The van der Waals surface area contributed by atoms with Crippen molar-refractivity contribution in [1.29, 1.82) is 0 Å². The van der Waals surface area contributed by atoms with Crippen LogP contribution in [-0.4, -0.2) is 51.8 Å². The van der Waals surface area contributed by atoms with Crippen LogP contribution in [0.2, 0.25) is 0 Å². The van der Waals surface area contributed by atoms with E-state index < -0.39 is 0 Å². The molecule has 1 amide bonds. The van der Waals surface area contributed by atoms with E-state index in [9.17, 15) is 4.79 Å². The average Bonchev–Trinajstić information content (AvgIpc) is 3.53. The molecule has 1 saturated heterocycles. The second kappa shape index (κ2) is 11.4. The summed E-state index contributed by atoms with van der Waals surface area (Å²) in [6.07, 6.45) is 1.82. The number of methoxy groups -OCH3 is 1. The minimum Gasteiger partial charge on any atom is -0.497 e. The van der Waals surface area contributed by atoms with Crippen LogP contribution in [0.4, 0.5) is 11.6 Å². The van der Waals surface area contributed by atoms with Crippen LogP contribution in [0.15, 0.2) is 91.1 Å². The molecule has 0 unspecified atom stereocenters. The quantitative estimate of drug-likeness (QED) is 0.270. The number of ether oxygens (including phenoxy) is 1. The number of pyridine rings is 1. The fourth-order valence-electron chi connectivity index (χ4n) is 5.65. The number of anilines is 2. The van der Waals surface area contributed by atoms with Gasteiger partial charge in [0.2, 0.25) is 0 Å². The first-order valence-electron chi connectivity index (χ1n) is 13.8. The van der Waals surface area contributed by atoms with Gasteiger partial charge >= 0.3 is 0 Å². The number of carbonyl (C=O) groups excluding carboxylic acids is 1. The third-order valence-corrected chi connectivity index (χ3v) is 7.75. The Morgan fingerprint density at radius 2 is 1.78 bits per heavy atom. The maximum Gasteiger partial charge on any atom is 0.251 e. The monoisotopic (exact) mass is 546 g/mol. The first-order valence-corrected chi connectivity index (χ1v) is 13.8. The Kier molecular flexibility index (Phi) is 7.39. The van der Waals surface area contributed by atoms with Crippen molar-refractivity contribution in [3.05, 3.63) is 114 Å². The first kappa shape index (κ1) is 26.5.